The van der Waals surface area contributed by atoms with E-state index in [1.165, 1.54) is 4.90 Å². The molecular weight excluding hydrogens is 320 g/mol. The second-order valence-corrected chi connectivity index (χ2v) is 6.63. The molecule has 0 saturated carbocycles. The number of likely N-dealkylation sites (N-methyl/N-ethyl adjacent to an activating group) is 1. The highest BCUT2D eigenvalue weighted by Gasteiger charge is 2.26. The molecule has 0 aliphatic carbocycles. The van der Waals surface area contributed by atoms with Gasteiger partial charge in [-0.25, -0.2) is 0 Å². The maximum absolute atomic E-state index is 12.4. The van der Waals surface area contributed by atoms with Gasteiger partial charge in [-0.15, -0.1) is 0 Å². The molecule has 0 fully saturated rings. The van der Waals surface area contributed by atoms with Crippen LogP contribution in [0.3, 0.4) is 0 Å². The molecular formula is C19H30N2O4. The Labute approximate surface area is 149 Å². The summed E-state index contributed by atoms with van der Waals surface area (Å²) < 4.78 is 0. The van der Waals surface area contributed by atoms with Crippen molar-refractivity contribution in [3.05, 3.63) is 35.9 Å². The van der Waals surface area contributed by atoms with Crippen molar-refractivity contribution in [3.8, 4) is 0 Å². The molecule has 140 valence electrons. The lowest BCUT2D eigenvalue weighted by molar-refractivity contribution is -0.134. The van der Waals surface area contributed by atoms with E-state index in [1.807, 2.05) is 32.0 Å². The van der Waals surface area contributed by atoms with E-state index in [9.17, 15) is 19.8 Å². The number of aliphatic hydroxyl groups excluding tert-OH is 2. The van der Waals surface area contributed by atoms with Crippen LogP contribution in [0.4, 0.5) is 0 Å². The molecule has 25 heavy (non-hydrogen) atoms. The minimum Gasteiger partial charge on any atom is -0.390 e. The minimum atomic E-state index is -0.958. The van der Waals surface area contributed by atoms with Crippen molar-refractivity contribution in [1.82, 2.24) is 10.2 Å². The molecule has 6 nitrogen and oxygen atoms in total. The Morgan fingerprint density at radius 2 is 1.76 bits per heavy atom. The highest BCUT2D eigenvalue weighted by atomic mass is 16.3. The molecule has 2 amide bonds. The standard InChI is InChI=1S/C19H30N2O4/c1-5-13(2)18(24)15(22)11-12-16(23)20-17(19(25)21(3)4)14-9-7-6-8-10-14/h6-10,13,15,17-18,22,24H,5,11-12H2,1-4H3,(H,20,23)/t13?,15-,17+,18?/m1/s1. The molecule has 0 spiro atoms. The number of nitrogens with zero attached hydrogens (tertiary/aromatic N) is 1. The Morgan fingerprint density at radius 3 is 2.28 bits per heavy atom. The highest BCUT2D eigenvalue weighted by molar-refractivity contribution is 5.88. The Hall–Kier alpha value is -1.92. The molecule has 0 aliphatic rings. The molecule has 1 aromatic rings. The topological polar surface area (TPSA) is 89.9 Å². The van der Waals surface area contributed by atoms with Crippen molar-refractivity contribution < 1.29 is 19.8 Å². The second-order valence-electron chi connectivity index (χ2n) is 6.63. The van der Waals surface area contributed by atoms with Gasteiger partial charge in [-0.3, -0.25) is 9.59 Å². The first-order valence-electron chi connectivity index (χ1n) is 8.69. The molecule has 0 radical (unpaired) electrons. The maximum Gasteiger partial charge on any atom is 0.249 e. The first kappa shape index (κ1) is 21.1. The lowest BCUT2D eigenvalue weighted by atomic mass is 9.94. The van der Waals surface area contributed by atoms with Crippen LogP contribution in [0.1, 0.15) is 44.7 Å². The Bertz CT molecular complexity index is 548. The van der Waals surface area contributed by atoms with E-state index in [1.54, 1.807) is 26.2 Å². The van der Waals surface area contributed by atoms with Crippen molar-refractivity contribution in [2.45, 2.75) is 51.4 Å². The predicted octanol–water partition coefficient (Wildman–Crippen LogP) is 1.48. The molecule has 0 bridgehead atoms. The van der Waals surface area contributed by atoms with Crippen molar-refractivity contribution in [3.63, 3.8) is 0 Å². The van der Waals surface area contributed by atoms with E-state index >= 15 is 0 Å². The van der Waals surface area contributed by atoms with Crippen LogP contribution in [-0.2, 0) is 9.59 Å². The first-order chi connectivity index (χ1) is 11.8. The largest absolute Gasteiger partial charge is 0.390 e. The molecule has 1 rings (SSSR count). The van der Waals surface area contributed by atoms with Gasteiger partial charge in [0.05, 0.1) is 12.2 Å². The minimum absolute atomic E-state index is 0.0366. The average Bonchev–Trinajstić information content (AvgIpc) is 2.62. The number of benzene rings is 1. The second kappa shape index (κ2) is 10.2. The SMILES string of the molecule is CCC(C)C(O)[C@H](O)CCC(=O)N[C@H](C(=O)N(C)C)c1ccccc1. The van der Waals surface area contributed by atoms with E-state index in [0.29, 0.717) is 5.56 Å². The third kappa shape index (κ3) is 6.48. The molecule has 0 saturated heterocycles. The molecule has 0 aromatic heterocycles. The van der Waals surface area contributed by atoms with Gasteiger partial charge in [-0.2, -0.15) is 0 Å². The summed E-state index contributed by atoms with van der Waals surface area (Å²) in [4.78, 5) is 26.1. The Kier molecular flexibility index (Phi) is 8.58. The third-order valence-corrected chi connectivity index (χ3v) is 4.41. The van der Waals surface area contributed by atoms with Crippen LogP contribution in [0.5, 0.6) is 0 Å². The fourth-order valence-corrected chi connectivity index (χ4v) is 2.49. The van der Waals surface area contributed by atoms with Crippen LogP contribution in [0.15, 0.2) is 30.3 Å². The van der Waals surface area contributed by atoms with Crippen LogP contribution >= 0.6 is 0 Å². The zero-order valence-electron chi connectivity index (χ0n) is 15.5. The molecule has 1 aromatic carbocycles. The van der Waals surface area contributed by atoms with Gasteiger partial charge in [-0.05, 0) is 17.9 Å². The van der Waals surface area contributed by atoms with Gasteiger partial charge in [0, 0.05) is 20.5 Å². The number of nitrogens with one attached hydrogen (secondary N) is 1. The fourth-order valence-electron chi connectivity index (χ4n) is 2.49. The highest BCUT2D eigenvalue weighted by Crippen LogP contribution is 2.17. The summed E-state index contributed by atoms with van der Waals surface area (Å²) >= 11 is 0. The van der Waals surface area contributed by atoms with Crippen molar-refractivity contribution >= 4 is 11.8 Å². The van der Waals surface area contributed by atoms with E-state index in [2.05, 4.69) is 5.32 Å². The van der Waals surface area contributed by atoms with Gasteiger partial charge >= 0.3 is 0 Å². The smallest absolute Gasteiger partial charge is 0.249 e. The van der Waals surface area contributed by atoms with Gasteiger partial charge in [0.25, 0.3) is 0 Å². The van der Waals surface area contributed by atoms with Gasteiger partial charge in [-0.1, -0.05) is 50.6 Å². The molecule has 0 heterocycles. The van der Waals surface area contributed by atoms with Gasteiger partial charge < -0.3 is 20.4 Å². The molecule has 3 N–H and O–H groups in total. The fraction of sp³-hybridized carbons (Fsp3) is 0.579. The summed E-state index contributed by atoms with van der Waals surface area (Å²) in [5, 5.41) is 22.7. The molecule has 4 atom stereocenters. The summed E-state index contributed by atoms with van der Waals surface area (Å²) in [7, 11) is 3.27. The van der Waals surface area contributed by atoms with Crippen molar-refractivity contribution in [1.29, 1.82) is 0 Å². The molecule has 0 aliphatic heterocycles. The Morgan fingerprint density at radius 1 is 1.16 bits per heavy atom. The number of carbonyl (C=O) groups excluding carboxylic acids is 2. The summed E-state index contributed by atoms with van der Waals surface area (Å²) in [5.41, 5.74) is 0.703. The molecule has 2 unspecified atom stereocenters. The number of amides is 2. The molecule has 6 heteroatoms. The van der Waals surface area contributed by atoms with Crippen LogP contribution in [0, 0.1) is 5.92 Å². The van der Waals surface area contributed by atoms with Crippen LogP contribution in [0.25, 0.3) is 0 Å². The lowest BCUT2D eigenvalue weighted by Gasteiger charge is -2.24. The normalized spacial score (nSPS) is 15.8. The summed E-state index contributed by atoms with van der Waals surface area (Å²) in [6.07, 6.45) is -0.877. The summed E-state index contributed by atoms with van der Waals surface area (Å²) in [6.45, 7) is 3.79. The van der Waals surface area contributed by atoms with Crippen LogP contribution < -0.4 is 5.32 Å². The quantitative estimate of drug-likeness (QED) is 0.629. The zero-order valence-corrected chi connectivity index (χ0v) is 15.5. The average molecular weight is 350 g/mol. The van der Waals surface area contributed by atoms with Crippen LogP contribution in [0.2, 0.25) is 0 Å². The van der Waals surface area contributed by atoms with Crippen molar-refractivity contribution in [2.75, 3.05) is 14.1 Å². The van der Waals surface area contributed by atoms with E-state index in [0.717, 1.165) is 6.42 Å². The monoisotopic (exact) mass is 350 g/mol. The number of rotatable bonds is 9. The van der Waals surface area contributed by atoms with Crippen LogP contribution in [-0.4, -0.2) is 53.2 Å². The predicted molar refractivity (Wildman–Crippen MR) is 96.7 cm³/mol. The van der Waals surface area contributed by atoms with Gasteiger partial charge in [0.1, 0.15) is 6.04 Å². The third-order valence-electron chi connectivity index (χ3n) is 4.41. The zero-order chi connectivity index (χ0) is 19.0. The van der Waals surface area contributed by atoms with Gasteiger partial charge in [0.2, 0.25) is 11.8 Å². The summed E-state index contributed by atoms with van der Waals surface area (Å²) in [5.74, 6) is -0.593. The Balaban J connectivity index is 2.69. The number of aliphatic hydroxyl groups is 2. The van der Waals surface area contributed by atoms with Crippen molar-refractivity contribution in [2.24, 2.45) is 5.92 Å². The summed E-state index contributed by atoms with van der Waals surface area (Å²) in [6, 6.07) is 8.27. The lowest BCUT2D eigenvalue weighted by Crippen LogP contribution is -2.40. The van der Waals surface area contributed by atoms with E-state index in [4.69, 9.17) is 0 Å². The number of carbonyl (C=O) groups is 2. The number of hydrogen-bond acceptors (Lipinski definition) is 4. The number of hydrogen-bond donors (Lipinski definition) is 3. The first-order valence-corrected chi connectivity index (χ1v) is 8.69. The maximum atomic E-state index is 12.4. The van der Waals surface area contributed by atoms with Gasteiger partial charge in [0.15, 0.2) is 0 Å². The van der Waals surface area contributed by atoms with E-state index in [-0.39, 0.29) is 30.6 Å². The van der Waals surface area contributed by atoms with E-state index < -0.39 is 18.2 Å².